The van der Waals surface area contributed by atoms with Crippen LogP contribution in [0.25, 0.3) is 0 Å². The SMILES string of the molecule is O=C(O[C@H]1OC[C@@H](OC(=O)c2ccc([N+](=O)[O-])cc2)[C@@H](OC(=O)c2ccc([N+](=O)[O-])cc2)[C@@H]1OC(=O)c1ccc([N+](=O)[O-])cc1)c1ccc([N+](=O)[O-])cc1. The molecule has 0 spiro atoms. The van der Waals surface area contributed by atoms with Crippen molar-refractivity contribution in [2.75, 3.05) is 6.61 Å². The molecule has 1 heterocycles. The van der Waals surface area contributed by atoms with Gasteiger partial charge in [-0.15, -0.1) is 0 Å². The summed E-state index contributed by atoms with van der Waals surface area (Å²) in [4.78, 5) is 94.8. The number of nitrogens with zero attached hydrogens (tertiary/aromatic N) is 4. The van der Waals surface area contributed by atoms with E-state index in [9.17, 15) is 59.6 Å². The molecule has 1 fully saturated rings. The Balaban J connectivity index is 1.51. The van der Waals surface area contributed by atoms with E-state index in [-0.39, 0.29) is 45.0 Å². The quantitative estimate of drug-likeness (QED) is 0.0833. The van der Waals surface area contributed by atoms with Crippen LogP contribution >= 0.6 is 0 Å². The molecular formula is C33H22N4O17. The molecule has 276 valence electrons. The second-order valence-corrected chi connectivity index (χ2v) is 11.0. The molecule has 1 saturated heterocycles. The van der Waals surface area contributed by atoms with Gasteiger partial charge in [0.1, 0.15) is 0 Å². The Morgan fingerprint density at radius 1 is 0.444 bits per heavy atom. The van der Waals surface area contributed by atoms with Gasteiger partial charge in [0.2, 0.25) is 12.4 Å². The van der Waals surface area contributed by atoms with Gasteiger partial charge in [-0.05, 0) is 48.5 Å². The van der Waals surface area contributed by atoms with Crippen molar-refractivity contribution >= 4 is 46.6 Å². The van der Waals surface area contributed by atoms with Crippen LogP contribution in [0.2, 0.25) is 0 Å². The van der Waals surface area contributed by atoms with Crippen LogP contribution in [0.15, 0.2) is 97.1 Å². The maximum absolute atomic E-state index is 13.4. The zero-order chi connectivity index (χ0) is 39.1. The second-order valence-electron chi connectivity index (χ2n) is 11.0. The van der Waals surface area contributed by atoms with Crippen LogP contribution in [0.4, 0.5) is 22.7 Å². The molecule has 0 aliphatic carbocycles. The standard InChI is InChI=1S/C33H22N4O17/c38-29(18-1-9-22(10-2-18)34(42)43)51-26-17-50-33(54-32(41)21-7-15-25(16-8-21)37(48)49)28(53-31(40)20-5-13-24(14-6-20)36(46)47)27(26)52-30(39)19-3-11-23(12-4-19)35(44)45/h1-16,26-28,33H,17H2/t26-,27-,28+,33-/m1/s1. The topological polar surface area (TPSA) is 287 Å². The molecule has 5 rings (SSSR count). The maximum atomic E-state index is 13.4. The molecule has 0 bridgehead atoms. The molecule has 1 aliphatic heterocycles. The number of carbonyl (C=O) groups is 4. The number of hydrogen-bond acceptors (Lipinski definition) is 17. The minimum atomic E-state index is -1.97. The van der Waals surface area contributed by atoms with Gasteiger partial charge < -0.3 is 23.7 Å². The number of nitro benzene ring substituents is 4. The fourth-order valence-corrected chi connectivity index (χ4v) is 4.85. The highest BCUT2D eigenvalue weighted by Gasteiger charge is 2.50. The van der Waals surface area contributed by atoms with E-state index in [0.29, 0.717) is 0 Å². The lowest BCUT2D eigenvalue weighted by Crippen LogP contribution is -2.58. The summed E-state index contributed by atoms with van der Waals surface area (Å²) in [6.07, 6.45) is -7.43. The van der Waals surface area contributed by atoms with Gasteiger partial charge in [-0.25, -0.2) is 19.2 Å². The van der Waals surface area contributed by atoms with Crippen LogP contribution in [-0.2, 0) is 23.7 Å². The third-order valence-electron chi connectivity index (χ3n) is 7.61. The van der Waals surface area contributed by atoms with Gasteiger partial charge >= 0.3 is 23.9 Å². The zero-order valence-electron chi connectivity index (χ0n) is 27.0. The summed E-state index contributed by atoms with van der Waals surface area (Å²) in [5.41, 5.74) is -2.41. The summed E-state index contributed by atoms with van der Waals surface area (Å²) in [5.74, 6) is -4.68. The van der Waals surface area contributed by atoms with E-state index in [0.717, 1.165) is 97.1 Å². The maximum Gasteiger partial charge on any atom is 0.340 e. The van der Waals surface area contributed by atoms with E-state index in [1.165, 1.54) is 0 Å². The summed E-state index contributed by atoms with van der Waals surface area (Å²) < 4.78 is 27.9. The fraction of sp³-hybridized carbons (Fsp3) is 0.152. The monoisotopic (exact) mass is 746 g/mol. The molecule has 54 heavy (non-hydrogen) atoms. The van der Waals surface area contributed by atoms with E-state index in [2.05, 4.69) is 0 Å². The number of hydrogen-bond donors (Lipinski definition) is 0. The van der Waals surface area contributed by atoms with Crippen LogP contribution in [0, 0.1) is 40.5 Å². The molecule has 0 aromatic heterocycles. The third kappa shape index (κ3) is 8.78. The molecule has 0 amide bonds. The second kappa shape index (κ2) is 16.1. The van der Waals surface area contributed by atoms with E-state index in [4.69, 9.17) is 23.7 Å². The highest BCUT2D eigenvalue weighted by Crippen LogP contribution is 2.29. The van der Waals surface area contributed by atoms with Crippen molar-refractivity contribution < 1.29 is 62.6 Å². The van der Waals surface area contributed by atoms with Gasteiger partial charge in [-0.2, -0.15) is 0 Å². The first-order chi connectivity index (χ1) is 25.7. The van der Waals surface area contributed by atoms with Gasteiger partial charge in [0.05, 0.1) is 48.6 Å². The molecule has 21 heteroatoms. The number of non-ortho nitro benzene ring substituents is 4. The van der Waals surface area contributed by atoms with E-state index in [1.807, 2.05) is 0 Å². The number of ether oxygens (including phenoxy) is 5. The van der Waals surface area contributed by atoms with Crippen molar-refractivity contribution in [3.05, 3.63) is 160 Å². The Morgan fingerprint density at radius 2 is 0.722 bits per heavy atom. The van der Waals surface area contributed by atoms with Gasteiger partial charge in [0.15, 0.2) is 12.2 Å². The van der Waals surface area contributed by atoms with Crippen molar-refractivity contribution in [2.45, 2.75) is 24.6 Å². The highest BCUT2D eigenvalue weighted by molar-refractivity contribution is 5.92. The number of esters is 4. The summed E-state index contributed by atoms with van der Waals surface area (Å²) in [7, 11) is 0. The average Bonchev–Trinajstić information content (AvgIpc) is 3.16. The van der Waals surface area contributed by atoms with Gasteiger partial charge in [-0.1, -0.05) is 0 Å². The first-order valence-electron chi connectivity index (χ1n) is 15.1. The Labute approximate surface area is 300 Å². The number of nitro groups is 4. The molecule has 0 saturated carbocycles. The van der Waals surface area contributed by atoms with Gasteiger partial charge in [0, 0.05) is 48.5 Å². The van der Waals surface area contributed by atoms with Crippen molar-refractivity contribution in [2.24, 2.45) is 0 Å². The predicted octanol–water partition coefficient (Wildman–Crippen LogP) is 4.51. The van der Waals surface area contributed by atoms with Gasteiger partial charge in [-0.3, -0.25) is 40.5 Å². The first-order valence-corrected chi connectivity index (χ1v) is 15.1. The normalized spacial score (nSPS) is 17.6. The van der Waals surface area contributed by atoms with Gasteiger partial charge in [0.25, 0.3) is 22.7 Å². The Morgan fingerprint density at radius 3 is 1.04 bits per heavy atom. The lowest BCUT2D eigenvalue weighted by atomic mass is 10.0. The largest absolute Gasteiger partial charge is 0.452 e. The molecule has 4 aromatic carbocycles. The molecule has 0 radical (unpaired) electrons. The molecule has 4 aromatic rings. The predicted molar refractivity (Wildman–Crippen MR) is 175 cm³/mol. The fourth-order valence-electron chi connectivity index (χ4n) is 4.85. The lowest BCUT2D eigenvalue weighted by Gasteiger charge is -2.40. The first kappa shape index (κ1) is 37.6. The molecule has 21 nitrogen and oxygen atoms in total. The van der Waals surface area contributed by atoms with Crippen LogP contribution in [-0.4, -0.2) is 74.8 Å². The molecule has 1 aliphatic rings. The Kier molecular flexibility index (Phi) is 11.2. The molecule has 0 unspecified atom stereocenters. The Hall–Kier alpha value is -7.68. The van der Waals surface area contributed by atoms with Crippen molar-refractivity contribution in [1.82, 2.24) is 0 Å². The minimum Gasteiger partial charge on any atom is -0.452 e. The van der Waals surface area contributed by atoms with Crippen LogP contribution in [0.3, 0.4) is 0 Å². The smallest absolute Gasteiger partial charge is 0.340 e. The van der Waals surface area contributed by atoms with Crippen molar-refractivity contribution in [3.8, 4) is 0 Å². The lowest BCUT2D eigenvalue weighted by molar-refractivity contribution is -0.385. The van der Waals surface area contributed by atoms with Crippen LogP contribution in [0.5, 0.6) is 0 Å². The van der Waals surface area contributed by atoms with Crippen LogP contribution in [0.1, 0.15) is 41.4 Å². The van der Waals surface area contributed by atoms with E-state index in [1.54, 1.807) is 0 Å². The van der Waals surface area contributed by atoms with E-state index >= 15 is 0 Å². The molecular weight excluding hydrogens is 724 g/mol. The number of rotatable bonds is 12. The van der Waals surface area contributed by atoms with Crippen molar-refractivity contribution in [1.29, 1.82) is 0 Å². The number of benzene rings is 4. The molecule has 0 N–H and O–H groups in total. The van der Waals surface area contributed by atoms with Crippen LogP contribution < -0.4 is 0 Å². The molecule has 4 atom stereocenters. The zero-order valence-corrected chi connectivity index (χ0v) is 27.0. The summed E-state index contributed by atoms with van der Waals surface area (Å²) in [5, 5.41) is 44.4. The summed E-state index contributed by atoms with van der Waals surface area (Å²) in [6.45, 7) is -0.694. The Bertz CT molecular complexity index is 1970. The summed E-state index contributed by atoms with van der Waals surface area (Å²) >= 11 is 0. The summed E-state index contributed by atoms with van der Waals surface area (Å²) in [6, 6.07) is 16.4. The average molecular weight is 747 g/mol. The minimum absolute atomic E-state index is 0.202. The number of carbonyl (C=O) groups excluding carboxylic acids is 4. The van der Waals surface area contributed by atoms with Crippen molar-refractivity contribution in [3.63, 3.8) is 0 Å². The van der Waals surface area contributed by atoms with E-state index < -0.39 is 74.8 Å². The highest BCUT2D eigenvalue weighted by atomic mass is 16.7. The third-order valence-corrected chi connectivity index (χ3v) is 7.61.